The van der Waals surface area contributed by atoms with Gasteiger partial charge in [-0.3, -0.25) is 19.2 Å². The van der Waals surface area contributed by atoms with Crippen LogP contribution < -0.4 is 10.6 Å². The first-order valence-electron chi connectivity index (χ1n) is 8.48. The van der Waals surface area contributed by atoms with E-state index in [0.717, 1.165) is 0 Å². The number of carbonyl (C=O) groups excluding carboxylic acids is 4. The van der Waals surface area contributed by atoms with E-state index in [1.165, 1.54) is 11.0 Å². The highest BCUT2D eigenvalue weighted by Crippen LogP contribution is 2.36. The predicted molar refractivity (Wildman–Crippen MR) is 93.0 cm³/mol. The Hall–Kier alpha value is -3.22. The van der Waals surface area contributed by atoms with Crippen LogP contribution in [0, 0.1) is 0 Å². The van der Waals surface area contributed by atoms with Crippen molar-refractivity contribution < 1.29 is 19.2 Å². The van der Waals surface area contributed by atoms with E-state index < -0.39 is 6.04 Å². The van der Waals surface area contributed by atoms with Crippen LogP contribution in [-0.4, -0.2) is 34.4 Å². The molecule has 0 saturated carbocycles. The molecule has 132 valence electrons. The first-order chi connectivity index (χ1) is 12.5. The lowest BCUT2D eigenvalue weighted by Gasteiger charge is -2.23. The van der Waals surface area contributed by atoms with Gasteiger partial charge in [0.05, 0.1) is 0 Å². The first kappa shape index (κ1) is 16.3. The van der Waals surface area contributed by atoms with E-state index in [4.69, 9.17) is 0 Å². The summed E-state index contributed by atoms with van der Waals surface area (Å²) in [5, 5.41) is 5.49. The van der Waals surface area contributed by atoms with Crippen LogP contribution in [0.25, 0.3) is 0 Å². The molecule has 0 bridgehead atoms. The Balaban J connectivity index is 1.68. The largest absolute Gasteiger partial charge is 0.326 e. The SMILES string of the molecule is CCC(=O)Nc1cccc2c1CN(C1C(=O)NC3=CC(=O)CC=C31)C2=O. The van der Waals surface area contributed by atoms with E-state index in [-0.39, 0.29) is 36.5 Å². The molecule has 1 aliphatic carbocycles. The van der Waals surface area contributed by atoms with Crippen molar-refractivity contribution in [1.29, 1.82) is 0 Å². The van der Waals surface area contributed by atoms with Gasteiger partial charge in [0, 0.05) is 53.5 Å². The number of nitrogens with one attached hydrogen (secondary N) is 2. The zero-order valence-electron chi connectivity index (χ0n) is 14.2. The Kier molecular flexibility index (Phi) is 3.72. The Labute approximate surface area is 149 Å². The molecule has 26 heavy (non-hydrogen) atoms. The lowest BCUT2D eigenvalue weighted by atomic mass is 9.99. The zero-order valence-corrected chi connectivity index (χ0v) is 14.2. The molecule has 1 saturated heterocycles. The van der Waals surface area contributed by atoms with Crippen molar-refractivity contribution in [1.82, 2.24) is 10.2 Å². The second kappa shape index (κ2) is 5.94. The monoisotopic (exact) mass is 351 g/mol. The maximum Gasteiger partial charge on any atom is 0.255 e. The van der Waals surface area contributed by atoms with Gasteiger partial charge in [0.2, 0.25) is 5.91 Å². The highest BCUT2D eigenvalue weighted by Gasteiger charge is 2.44. The number of fused-ring (bicyclic) bond motifs is 2. The van der Waals surface area contributed by atoms with E-state index >= 15 is 0 Å². The predicted octanol–water partition coefficient (Wildman–Crippen LogP) is 1.27. The fourth-order valence-corrected chi connectivity index (χ4v) is 3.56. The van der Waals surface area contributed by atoms with Gasteiger partial charge in [-0.1, -0.05) is 19.1 Å². The minimum Gasteiger partial charge on any atom is -0.326 e. The normalized spacial score (nSPS) is 21.0. The summed E-state index contributed by atoms with van der Waals surface area (Å²) in [4.78, 5) is 50.2. The van der Waals surface area contributed by atoms with E-state index in [2.05, 4.69) is 10.6 Å². The van der Waals surface area contributed by atoms with E-state index in [0.29, 0.717) is 34.5 Å². The van der Waals surface area contributed by atoms with Gasteiger partial charge in [0.15, 0.2) is 5.78 Å². The molecular weight excluding hydrogens is 334 g/mol. The second-order valence-corrected chi connectivity index (χ2v) is 6.45. The molecular formula is C19H17N3O4. The van der Waals surface area contributed by atoms with Crippen LogP contribution in [0.3, 0.4) is 0 Å². The van der Waals surface area contributed by atoms with Gasteiger partial charge in [-0.25, -0.2) is 0 Å². The molecule has 3 amide bonds. The molecule has 0 aromatic heterocycles. The lowest BCUT2D eigenvalue weighted by Crippen LogP contribution is -2.41. The van der Waals surface area contributed by atoms with Crippen molar-refractivity contribution in [3.63, 3.8) is 0 Å². The third-order valence-corrected chi connectivity index (χ3v) is 4.84. The molecule has 1 unspecified atom stereocenters. The summed E-state index contributed by atoms with van der Waals surface area (Å²) in [7, 11) is 0. The van der Waals surface area contributed by atoms with Gasteiger partial charge in [0.25, 0.3) is 11.8 Å². The first-order valence-corrected chi connectivity index (χ1v) is 8.48. The van der Waals surface area contributed by atoms with E-state index in [1.54, 1.807) is 31.2 Å². The topological polar surface area (TPSA) is 95.6 Å². The molecule has 3 aliphatic rings. The number of rotatable bonds is 3. The van der Waals surface area contributed by atoms with Gasteiger partial charge >= 0.3 is 0 Å². The van der Waals surface area contributed by atoms with Crippen molar-refractivity contribution >= 4 is 29.2 Å². The van der Waals surface area contributed by atoms with Gasteiger partial charge in [0.1, 0.15) is 6.04 Å². The summed E-state index contributed by atoms with van der Waals surface area (Å²) in [5.41, 5.74) is 2.91. The number of carbonyl (C=O) groups is 4. The van der Waals surface area contributed by atoms with Crippen molar-refractivity contribution in [2.45, 2.75) is 32.4 Å². The number of nitrogens with zero attached hydrogens (tertiary/aromatic N) is 1. The van der Waals surface area contributed by atoms with Crippen LogP contribution in [0.4, 0.5) is 5.69 Å². The molecule has 1 atom stereocenters. The number of amides is 3. The fraction of sp³-hybridized carbons (Fsp3) is 0.263. The summed E-state index contributed by atoms with van der Waals surface area (Å²) < 4.78 is 0. The summed E-state index contributed by atoms with van der Waals surface area (Å²) in [6.07, 6.45) is 3.67. The number of hydrogen-bond donors (Lipinski definition) is 2. The Morgan fingerprint density at radius 3 is 2.88 bits per heavy atom. The van der Waals surface area contributed by atoms with Crippen LogP contribution in [0.1, 0.15) is 35.7 Å². The van der Waals surface area contributed by atoms with Crippen molar-refractivity contribution in [3.05, 3.63) is 52.7 Å². The lowest BCUT2D eigenvalue weighted by molar-refractivity contribution is -0.122. The third kappa shape index (κ3) is 2.44. The quantitative estimate of drug-likeness (QED) is 0.857. The fourth-order valence-electron chi connectivity index (χ4n) is 3.56. The van der Waals surface area contributed by atoms with Crippen molar-refractivity contribution in [2.75, 3.05) is 5.32 Å². The Morgan fingerprint density at radius 2 is 2.12 bits per heavy atom. The van der Waals surface area contributed by atoms with Crippen molar-refractivity contribution in [3.8, 4) is 0 Å². The number of ketones is 1. The molecule has 1 fully saturated rings. The molecule has 0 spiro atoms. The summed E-state index contributed by atoms with van der Waals surface area (Å²) in [5.74, 6) is -0.795. The third-order valence-electron chi connectivity index (χ3n) is 4.84. The van der Waals surface area contributed by atoms with Gasteiger partial charge in [-0.2, -0.15) is 0 Å². The Bertz CT molecular complexity index is 929. The maximum absolute atomic E-state index is 12.9. The summed E-state index contributed by atoms with van der Waals surface area (Å²) in [6.45, 7) is 1.98. The van der Waals surface area contributed by atoms with Crippen LogP contribution in [0.15, 0.2) is 41.6 Å². The standard InChI is InChI=1S/C19H17N3O4/c1-2-16(24)20-14-5-3-4-11-13(14)9-22(19(11)26)17-12-7-6-10(23)8-15(12)21-18(17)25/h3-5,7-8,17H,2,6,9H2,1H3,(H,20,24)(H,21,25). The number of benzene rings is 1. The summed E-state index contributed by atoms with van der Waals surface area (Å²) in [6, 6.07) is 4.40. The molecule has 7 heteroatoms. The van der Waals surface area contributed by atoms with Gasteiger partial charge in [-0.15, -0.1) is 0 Å². The molecule has 2 N–H and O–H groups in total. The highest BCUT2D eigenvalue weighted by molar-refractivity contribution is 6.07. The average molecular weight is 351 g/mol. The number of hydrogen-bond acceptors (Lipinski definition) is 4. The smallest absolute Gasteiger partial charge is 0.255 e. The van der Waals surface area contributed by atoms with Crippen LogP contribution >= 0.6 is 0 Å². The number of anilines is 1. The van der Waals surface area contributed by atoms with E-state index in [1.807, 2.05) is 0 Å². The zero-order chi connectivity index (χ0) is 18.4. The molecule has 7 nitrogen and oxygen atoms in total. The molecule has 1 aromatic rings. The average Bonchev–Trinajstić information content (AvgIpc) is 3.11. The minimum absolute atomic E-state index is 0.0784. The minimum atomic E-state index is -0.760. The van der Waals surface area contributed by atoms with E-state index in [9.17, 15) is 19.2 Å². The van der Waals surface area contributed by atoms with Gasteiger partial charge in [-0.05, 0) is 12.1 Å². The summed E-state index contributed by atoms with van der Waals surface area (Å²) >= 11 is 0. The Morgan fingerprint density at radius 1 is 1.31 bits per heavy atom. The van der Waals surface area contributed by atoms with Crippen LogP contribution in [0.5, 0.6) is 0 Å². The highest BCUT2D eigenvalue weighted by atomic mass is 16.2. The van der Waals surface area contributed by atoms with Crippen molar-refractivity contribution in [2.24, 2.45) is 0 Å². The molecule has 2 aliphatic heterocycles. The van der Waals surface area contributed by atoms with Gasteiger partial charge < -0.3 is 15.5 Å². The second-order valence-electron chi connectivity index (χ2n) is 6.45. The molecule has 1 aromatic carbocycles. The number of allylic oxidation sites excluding steroid dienone is 2. The van der Waals surface area contributed by atoms with Crippen LogP contribution in [-0.2, 0) is 20.9 Å². The van der Waals surface area contributed by atoms with Crippen LogP contribution in [0.2, 0.25) is 0 Å². The molecule has 0 radical (unpaired) electrons. The molecule has 2 heterocycles. The molecule has 4 rings (SSSR count). The maximum atomic E-state index is 12.9.